The summed E-state index contributed by atoms with van der Waals surface area (Å²) in [5.41, 5.74) is -4.55. The maximum atomic E-state index is 16.0. The quantitative estimate of drug-likeness (QED) is 0.433. The molecule has 3 aliphatic heterocycles. The molecule has 3 atom stereocenters. The molecular formula is C26H25F6N5O2. The summed E-state index contributed by atoms with van der Waals surface area (Å²) < 4.78 is 92.5. The van der Waals surface area contributed by atoms with E-state index in [1.165, 1.54) is 6.20 Å². The second kappa shape index (κ2) is 9.10. The lowest BCUT2D eigenvalue weighted by Gasteiger charge is -2.40. The van der Waals surface area contributed by atoms with Crippen molar-refractivity contribution in [3.63, 3.8) is 0 Å². The predicted molar refractivity (Wildman–Crippen MR) is 129 cm³/mol. The molecule has 0 aliphatic carbocycles. The molecule has 1 N–H and O–H groups in total. The summed E-state index contributed by atoms with van der Waals surface area (Å²) in [6, 6.07) is 0.738. The van der Waals surface area contributed by atoms with Gasteiger partial charge in [0.1, 0.15) is 29.8 Å². The summed E-state index contributed by atoms with van der Waals surface area (Å²) >= 11 is 0. The number of phenols is 1. The van der Waals surface area contributed by atoms with E-state index in [9.17, 15) is 22.7 Å². The van der Waals surface area contributed by atoms with Crippen LogP contribution in [0.5, 0.6) is 11.8 Å². The van der Waals surface area contributed by atoms with Crippen molar-refractivity contribution in [3.8, 4) is 23.0 Å². The van der Waals surface area contributed by atoms with Crippen molar-refractivity contribution in [2.45, 2.75) is 56.5 Å². The summed E-state index contributed by atoms with van der Waals surface area (Å²) in [6.45, 7) is 3.46. The average molecular weight is 554 g/mol. The van der Waals surface area contributed by atoms with Crippen molar-refractivity contribution >= 4 is 16.7 Å². The SMILES string of the molecule is C[C@H]1CCN1c1nc(-c2c(C(F)(F)F)ccc(O)c2F)c(F)c2nc(OC[C@@]34CCCN3C[C@H](F)C4)ncc12. The Hall–Kier alpha value is -3.35. The number of pyridine rings is 1. The van der Waals surface area contributed by atoms with Crippen molar-refractivity contribution in [2.24, 2.45) is 0 Å². The standard InChI is InChI=1S/C26H25F6N5O2/c1-13-5-8-37(13)23-15-10-33-24(39-12-25-6-2-7-36(25)11-14(27)9-25)35-21(15)20(29)22(34-23)18-16(26(30,31)32)3-4-17(38)19(18)28/h3-4,10,13-14,38H,2,5-9,11-12H2,1H3/t13-,14+,25-/m0/s1. The molecule has 3 aromatic rings. The largest absolute Gasteiger partial charge is 0.505 e. The number of hydrogen-bond donors (Lipinski definition) is 1. The summed E-state index contributed by atoms with van der Waals surface area (Å²) in [7, 11) is 0. The maximum Gasteiger partial charge on any atom is 0.417 e. The Kier molecular flexibility index (Phi) is 6.05. The van der Waals surface area contributed by atoms with E-state index in [1.807, 2.05) is 11.8 Å². The number of aromatic nitrogens is 3. The molecule has 0 saturated carbocycles. The van der Waals surface area contributed by atoms with Crippen LogP contribution in [0.3, 0.4) is 0 Å². The number of halogens is 6. The molecule has 0 spiro atoms. The zero-order valence-corrected chi connectivity index (χ0v) is 20.9. The minimum absolute atomic E-state index is 0.0606. The number of nitrogens with zero attached hydrogens (tertiary/aromatic N) is 5. The van der Waals surface area contributed by atoms with Crippen LogP contribution in [-0.2, 0) is 6.18 Å². The first-order chi connectivity index (χ1) is 18.5. The van der Waals surface area contributed by atoms with Gasteiger partial charge in [-0.3, -0.25) is 4.90 Å². The lowest BCUT2D eigenvalue weighted by molar-refractivity contribution is -0.137. The van der Waals surface area contributed by atoms with Gasteiger partial charge in [-0.05, 0) is 44.9 Å². The fourth-order valence-corrected chi connectivity index (χ4v) is 5.99. The van der Waals surface area contributed by atoms with Crippen LogP contribution in [0, 0.1) is 11.6 Å². The smallest absolute Gasteiger partial charge is 0.417 e. The Labute approximate surface area is 219 Å². The van der Waals surface area contributed by atoms with Crippen LogP contribution in [0.2, 0.25) is 0 Å². The number of fused-ring (bicyclic) bond motifs is 2. The van der Waals surface area contributed by atoms with Gasteiger partial charge in [-0.25, -0.2) is 23.1 Å². The molecule has 3 aliphatic rings. The second-order valence-electron chi connectivity index (χ2n) is 10.5. The molecule has 3 saturated heterocycles. The highest BCUT2D eigenvalue weighted by Crippen LogP contribution is 2.44. The number of phenolic OH excluding ortho intramolecular Hbond substituents is 1. The summed E-state index contributed by atoms with van der Waals surface area (Å²) in [5.74, 6) is -3.94. The van der Waals surface area contributed by atoms with Crippen molar-refractivity contribution in [1.29, 1.82) is 0 Å². The van der Waals surface area contributed by atoms with Crippen LogP contribution in [0.25, 0.3) is 22.2 Å². The number of rotatable bonds is 5. The highest BCUT2D eigenvalue weighted by atomic mass is 19.4. The van der Waals surface area contributed by atoms with Crippen LogP contribution in [0.4, 0.5) is 32.2 Å². The lowest BCUT2D eigenvalue weighted by Crippen LogP contribution is -2.46. The van der Waals surface area contributed by atoms with Crippen molar-refractivity contribution < 1.29 is 36.2 Å². The zero-order valence-electron chi connectivity index (χ0n) is 20.9. The summed E-state index contributed by atoms with van der Waals surface area (Å²) in [6.07, 6.45) is -2.11. The number of aromatic hydroxyl groups is 1. The van der Waals surface area contributed by atoms with E-state index in [0.29, 0.717) is 25.2 Å². The summed E-state index contributed by atoms with van der Waals surface area (Å²) in [5, 5.41) is 9.99. The summed E-state index contributed by atoms with van der Waals surface area (Å²) in [4.78, 5) is 16.2. The van der Waals surface area contributed by atoms with Crippen molar-refractivity contribution in [3.05, 3.63) is 35.5 Å². The molecular weight excluding hydrogens is 528 g/mol. The first-order valence-electron chi connectivity index (χ1n) is 12.7. The van der Waals surface area contributed by atoms with E-state index in [0.717, 1.165) is 25.8 Å². The Morgan fingerprint density at radius 3 is 2.64 bits per heavy atom. The number of hydrogen-bond acceptors (Lipinski definition) is 7. The van der Waals surface area contributed by atoms with Crippen molar-refractivity contribution in [1.82, 2.24) is 19.9 Å². The topological polar surface area (TPSA) is 74.6 Å². The van der Waals surface area contributed by atoms with E-state index < -0.39 is 57.6 Å². The minimum Gasteiger partial charge on any atom is -0.505 e. The van der Waals surface area contributed by atoms with E-state index in [1.54, 1.807) is 4.90 Å². The van der Waals surface area contributed by atoms with Gasteiger partial charge in [0.15, 0.2) is 17.4 Å². The maximum absolute atomic E-state index is 16.0. The normalized spacial score (nSPS) is 25.3. The molecule has 7 nitrogen and oxygen atoms in total. The highest BCUT2D eigenvalue weighted by Gasteiger charge is 2.49. The van der Waals surface area contributed by atoms with Crippen LogP contribution < -0.4 is 9.64 Å². The second-order valence-corrected chi connectivity index (χ2v) is 10.5. The first kappa shape index (κ1) is 25.9. The third-order valence-electron chi connectivity index (χ3n) is 8.13. The molecule has 1 aromatic carbocycles. The monoisotopic (exact) mass is 553 g/mol. The van der Waals surface area contributed by atoms with E-state index in [4.69, 9.17) is 4.74 Å². The average Bonchev–Trinajstić information content (AvgIpc) is 3.40. The van der Waals surface area contributed by atoms with Crippen LogP contribution in [-0.4, -0.2) is 69.0 Å². The Bertz CT molecular complexity index is 1450. The Morgan fingerprint density at radius 1 is 1.15 bits per heavy atom. The minimum atomic E-state index is -5.06. The van der Waals surface area contributed by atoms with Gasteiger partial charge in [0, 0.05) is 31.7 Å². The molecule has 0 radical (unpaired) electrons. The van der Waals surface area contributed by atoms with Gasteiger partial charge in [0.25, 0.3) is 0 Å². The van der Waals surface area contributed by atoms with Gasteiger partial charge in [-0.15, -0.1) is 0 Å². The first-order valence-corrected chi connectivity index (χ1v) is 12.7. The number of anilines is 1. The van der Waals surface area contributed by atoms with Gasteiger partial charge in [0.05, 0.1) is 22.1 Å². The number of benzene rings is 1. The van der Waals surface area contributed by atoms with Gasteiger partial charge in [-0.1, -0.05) is 0 Å². The van der Waals surface area contributed by atoms with Crippen LogP contribution in [0.15, 0.2) is 18.3 Å². The Morgan fingerprint density at radius 2 is 1.95 bits per heavy atom. The van der Waals surface area contributed by atoms with Gasteiger partial charge >= 0.3 is 12.2 Å². The lowest BCUT2D eigenvalue weighted by atomic mass is 9.95. The van der Waals surface area contributed by atoms with E-state index in [2.05, 4.69) is 15.0 Å². The molecule has 0 bridgehead atoms. The zero-order chi connectivity index (χ0) is 27.7. The molecule has 208 valence electrons. The van der Waals surface area contributed by atoms with Crippen molar-refractivity contribution in [2.75, 3.05) is 31.1 Å². The molecule has 6 rings (SSSR count). The van der Waals surface area contributed by atoms with Gasteiger partial charge in [-0.2, -0.15) is 18.2 Å². The fraction of sp³-hybridized carbons (Fsp3) is 0.500. The van der Waals surface area contributed by atoms with E-state index in [-0.39, 0.29) is 36.3 Å². The van der Waals surface area contributed by atoms with Crippen LogP contribution in [0.1, 0.15) is 38.2 Å². The Balaban J connectivity index is 1.48. The molecule has 5 heterocycles. The fourth-order valence-electron chi connectivity index (χ4n) is 5.99. The molecule has 39 heavy (non-hydrogen) atoms. The van der Waals surface area contributed by atoms with Gasteiger partial charge < -0.3 is 14.7 Å². The van der Waals surface area contributed by atoms with E-state index >= 15 is 8.78 Å². The molecule has 2 aromatic heterocycles. The predicted octanol–water partition coefficient (Wildman–Crippen LogP) is 5.25. The van der Waals surface area contributed by atoms with Gasteiger partial charge in [0.2, 0.25) is 0 Å². The third-order valence-corrected chi connectivity index (χ3v) is 8.13. The molecule has 0 unspecified atom stereocenters. The number of alkyl halides is 4. The number of ether oxygens (including phenoxy) is 1. The van der Waals surface area contributed by atoms with Crippen LogP contribution >= 0.6 is 0 Å². The molecule has 0 amide bonds. The molecule has 13 heteroatoms. The highest BCUT2D eigenvalue weighted by molar-refractivity contribution is 5.93. The molecule has 3 fully saturated rings. The third kappa shape index (κ3) is 4.21.